The van der Waals surface area contributed by atoms with Crippen molar-refractivity contribution in [2.24, 2.45) is 22.1 Å². The van der Waals surface area contributed by atoms with E-state index in [1.54, 1.807) is 0 Å². The molecule has 1 saturated heterocycles. The van der Waals surface area contributed by atoms with E-state index in [-0.39, 0.29) is 11.5 Å². The zero-order valence-corrected chi connectivity index (χ0v) is 15.8. The molecule has 0 spiro atoms. The molecule has 1 aromatic carbocycles. The van der Waals surface area contributed by atoms with Crippen molar-refractivity contribution in [3.63, 3.8) is 0 Å². The van der Waals surface area contributed by atoms with E-state index in [2.05, 4.69) is 63.1 Å². The van der Waals surface area contributed by atoms with E-state index in [0.29, 0.717) is 24.3 Å². The number of aliphatic imine (C=N–C) groups is 1. The molecule has 1 aliphatic heterocycles. The van der Waals surface area contributed by atoms with Crippen molar-refractivity contribution in [3.05, 3.63) is 29.8 Å². The van der Waals surface area contributed by atoms with Crippen LogP contribution in [-0.2, 0) is 4.74 Å². The molecule has 0 aromatic heterocycles. The van der Waals surface area contributed by atoms with Gasteiger partial charge in [0.1, 0.15) is 0 Å². The number of rotatable bonds is 4. The predicted molar refractivity (Wildman–Crippen MR) is 103 cm³/mol. The van der Waals surface area contributed by atoms with Gasteiger partial charge < -0.3 is 15.8 Å². The van der Waals surface area contributed by atoms with Gasteiger partial charge in [-0.15, -0.1) is 0 Å². The molecule has 1 fully saturated rings. The second-order valence-electron chi connectivity index (χ2n) is 8.19. The van der Waals surface area contributed by atoms with E-state index in [9.17, 15) is 0 Å². The van der Waals surface area contributed by atoms with Crippen molar-refractivity contribution in [2.45, 2.75) is 59.5 Å². The quantitative estimate of drug-likeness (QED) is 0.636. The van der Waals surface area contributed by atoms with Gasteiger partial charge in [0, 0.05) is 24.8 Å². The Morgan fingerprint density at radius 1 is 1.38 bits per heavy atom. The highest BCUT2D eigenvalue weighted by molar-refractivity contribution is 5.92. The first kappa shape index (κ1) is 18.8. The van der Waals surface area contributed by atoms with Gasteiger partial charge in [0.25, 0.3) is 0 Å². The molecule has 0 saturated carbocycles. The number of hydrogen-bond donors (Lipinski definition) is 2. The molecule has 4 nitrogen and oxygen atoms in total. The summed E-state index contributed by atoms with van der Waals surface area (Å²) in [7, 11) is 0. The minimum Gasteiger partial charge on any atom is -0.377 e. The molecule has 4 heteroatoms. The summed E-state index contributed by atoms with van der Waals surface area (Å²) in [6, 6.07) is 8.34. The number of nitrogens with two attached hydrogens (primary N) is 1. The van der Waals surface area contributed by atoms with Crippen molar-refractivity contribution in [1.29, 1.82) is 0 Å². The van der Waals surface area contributed by atoms with Crippen LogP contribution in [0.4, 0.5) is 5.69 Å². The summed E-state index contributed by atoms with van der Waals surface area (Å²) in [4.78, 5) is 4.58. The number of ether oxygens (including phenoxy) is 1. The van der Waals surface area contributed by atoms with Crippen LogP contribution in [0, 0.1) is 11.3 Å². The Morgan fingerprint density at radius 2 is 2.12 bits per heavy atom. The number of nitrogens with one attached hydrogen (secondary N) is 1. The van der Waals surface area contributed by atoms with Gasteiger partial charge in [0.15, 0.2) is 5.96 Å². The lowest BCUT2D eigenvalue weighted by molar-refractivity contribution is -0.0823. The summed E-state index contributed by atoms with van der Waals surface area (Å²) in [5.74, 6) is 1.41. The molecule has 0 aliphatic carbocycles. The third-order valence-electron chi connectivity index (χ3n) is 4.62. The molecule has 2 atom stereocenters. The first-order valence-corrected chi connectivity index (χ1v) is 9.06. The smallest absolute Gasteiger partial charge is 0.193 e. The average molecular weight is 332 g/mol. The predicted octanol–water partition coefficient (Wildman–Crippen LogP) is 4.38. The Hall–Kier alpha value is -1.55. The molecular formula is C20H33N3O. The number of nitrogens with zero attached hydrogens (tertiary/aromatic N) is 1. The monoisotopic (exact) mass is 331 g/mol. The topological polar surface area (TPSA) is 59.6 Å². The molecule has 1 heterocycles. The van der Waals surface area contributed by atoms with Crippen LogP contribution in [0.2, 0.25) is 0 Å². The van der Waals surface area contributed by atoms with Crippen LogP contribution in [0.5, 0.6) is 0 Å². The Balaban J connectivity index is 1.99. The van der Waals surface area contributed by atoms with Gasteiger partial charge in [0.05, 0.1) is 6.10 Å². The van der Waals surface area contributed by atoms with Crippen LogP contribution < -0.4 is 11.1 Å². The van der Waals surface area contributed by atoms with Crippen LogP contribution in [0.25, 0.3) is 0 Å². The molecule has 3 N–H and O–H groups in total. The highest BCUT2D eigenvalue weighted by atomic mass is 16.5. The number of anilines is 1. The lowest BCUT2D eigenvalue weighted by Crippen LogP contribution is -2.41. The third-order valence-corrected chi connectivity index (χ3v) is 4.62. The van der Waals surface area contributed by atoms with E-state index in [1.807, 2.05) is 6.07 Å². The molecule has 2 rings (SSSR count). The van der Waals surface area contributed by atoms with Crippen LogP contribution in [-0.4, -0.2) is 25.2 Å². The Bertz CT molecular complexity index is 560. The van der Waals surface area contributed by atoms with Gasteiger partial charge in [-0.25, -0.2) is 0 Å². The number of guanidine groups is 1. The lowest BCUT2D eigenvalue weighted by atomic mass is 9.78. The zero-order chi connectivity index (χ0) is 17.7. The normalized spacial score (nSPS) is 22.7. The second kappa shape index (κ2) is 8.02. The number of benzene rings is 1. The molecule has 0 radical (unpaired) electrons. The maximum atomic E-state index is 6.10. The summed E-state index contributed by atoms with van der Waals surface area (Å²) in [5.41, 5.74) is 8.52. The largest absolute Gasteiger partial charge is 0.377 e. The lowest BCUT2D eigenvalue weighted by Gasteiger charge is -2.39. The maximum Gasteiger partial charge on any atom is 0.193 e. The highest BCUT2D eigenvalue weighted by Gasteiger charge is 2.35. The zero-order valence-electron chi connectivity index (χ0n) is 15.8. The van der Waals surface area contributed by atoms with E-state index in [0.717, 1.165) is 25.1 Å². The standard InChI is InChI=1S/C20H33N3O/c1-14(2)15-8-6-10-17(12-15)23-19(21)22-13-16-9-7-11-24-18(16)20(3,4)5/h6,8,10,12,14,16,18H,7,9,11,13H2,1-5H3,(H3,21,22,23). The van der Waals surface area contributed by atoms with Crippen molar-refractivity contribution in [3.8, 4) is 0 Å². The van der Waals surface area contributed by atoms with Gasteiger partial charge >= 0.3 is 0 Å². The first-order chi connectivity index (χ1) is 11.3. The fraction of sp³-hybridized carbons (Fsp3) is 0.650. The minimum atomic E-state index is 0.133. The molecule has 2 unspecified atom stereocenters. The Morgan fingerprint density at radius 3 is 2.79 bits per heavy atom. The molecule has 1 aliphatic rings. The molecule has 1 aromatic rings. The molecular weight excluding hydrogens is 298 g/mol. The Kier molecular flexibility index (Phi) is 6.27. The molecule has 134 valence electrons. The summed E-state index contributed by atoms with van der Waals surface area (Å²) >= 11 is 0. The SMILES string of the molecule is CC(C)c1cccc(NC(N)=NCC2CCCOC2C(C)(C)C)c1. The summed E-state index contributed by atoms with van der Waals surface area (Å²) in [5, 5.41) is 3.22. The van der Waals surface area contributed by atoms with Gasteiger partial charge in [0.2, 0.25) is 0 Å². The maximum absolute atomic E-state index is 6.10. The van der Waals surface area contributed by atoms with E-state index < -0.39 is 0 Å². The van der Waals surface area contributed by atoms with Crippen LogP contribution in [0.1, 0.15) is 58.9 Å². The van der Waals surface area contributed by atoms with E-state index >= 15 is 0 Å². The van der Waals surface area contributed by atoms with Gasteiger partial charge in [-0.3, -0.25) is 4.99 Å². The van der Waals surface area contributed by atoms with Crippen molar-refractivity contribution >= 4 is 11.6 Å². The molecule has 0 bridgehead atoms. The molecule has 0 amide bonds. The highest BCUT2D eigenvalue weighted by Crippen LogP contribution is 2.34. The second-order valence-corrected chi connectivity index (χ2v) is 8.19. The number of hydrogen-bond acceptors (Lipinski definition) is 2. The van der Waals surface area contributed by atoms with E-state index in [1.165, 1.54) is 5.56 Å². The first-order valence-electron chi connectivity index (χ1n) is 9.06. The fourth-order valence-electron chi connectivity index (χ4n) is 3.37. The van der Waals surface area contributed by atoms with Crippen molar-refractivity contribution in [1.82, 2.24) is 0 Å². The summed E-state index contributed by atoms with van der Waals surface area (Å²) in [6.07, 6.45) is 2.50. The third kappa shape index (κ3) is 5.23. The fourth-order valence-corrected chi connectivity index (χ4v) is 3.37. The van der Waals surface area contributed by atoms with Crippen molar-refractivity contribution in [2.75, 3.05) is 18.5 Å². The van der Waals surface area contributed by atoms with E-state index in [4.69, 9.17) is 10.5 Å². The summed E-state index contributed by atoms with van der Waals surface area (Å²) < 4.78 is 6.02. The Labute approximate surface area is 146 Å². The van der Waals surface area contributed by atoms with Gasteiger partial charge in [-0.1, -0.05) is 46.8 Å². The minimum absolute atomic E-state index is 0.133. The molecule has 24 heavy (non-hydrogen) atoms. The summed E-state index contributed by atoms with van der Waals surface area (Å²) in [6.45, 7) is 12.7. The van der Waals surface area contributed by atoms with Gasteiger partial charge in [-0.2, -0.15) is 0 Å². The van der Waals surface area contributed by atoms with Crippen LogP contribution in [0.3, 0.4) is 0 Å². The van der Waals surface area contributed by atoms with Crippen LogP contribution in [0.15, 0.2) is 29.3 Å². The van der Waals surface area contributed by atoms with Gasteiger partial charge in [-0.05, 0) is 41.9 Å². The van der Waals surface area contributed by atoms with Crippen LogP contribution >= 0.6 is 0 Å². The van der Waals surface area contributed by atoms with Crippen molar-refractivity contribution < 1.29 is 4.74 Å². The average Bonchev–Trinajstić information content (AvgIpc) is 2.52.